The maximum atomic E-state index is 12.3. The summed E-state index contributed by atoms with van der Waals surface area (Å²) in [6.45, 7) is 2.10. The summed E-state index contributed by atoms with van der Waals surface area (Å²) in [6, 6.07) is 4.16. The molecule has 1 atom stereocenters. The zero-order valence-electron chi connectivity index (χ0n) is 15.4. The monoisotopic (exact) mass is 370 g/mol. The first kappa shape index (κ1) is 17.8. The Morgan fingerprint density at radius 1 is 1.15 bits per heavy atom. The van der Waals surface area contributed by atoms with E-state index in [-0.39, 0.29) is 18.0 Å². The van der Waals surface area contributed by atoms with Gasteiger partial charge in [0, 0.05) is 25.7 Å². The highest BCUT2D eigenvalue weighted by Gasteiger charge is 2.24. The third-order valence-electron chi connectivity index (χ3n) is 5.44. The minimum Gasteiger partial charge on any atom is -0.353 e. The van der Waals surface area contributed by atoms with Crippen LogP contribution in [0.2, 0.25) is 0 Å². The lowest BCUT2D eigenvalue weighted by atomic mass is 10.1. The minimum absolute atomic E-state index is 0.130. The molecule has 0 aromatic carbocycles. The third-order valence-corrected chi connectivity index (χ3v) is 5.44. The quantitative estimate of drug-likeness (QED) is 0.808. The van der Waals surface area contributed by atoms with Gasteiger partial charge >= 0.3 is 0 Å². The van der Waals surface area contributed by atoms with Gasteiger partial charge in [-0.3, -0.25) is 4.79 Å². The summed E-state index contributed by atoms with van der Waals surface area (Å²) in [5, 5.41) is 19.8. The number of amides is 1. The molecule has 2 aliphatic rings. The van der Waals surface area contributed by atoms with Gasteiger partial charge in [-0.2, -0.15) is 0 Å². The van der Waals surface area contributed by atoms with Crippen LogP contribution in [0.15, 0.2) is 18.3 Å². The van der Waals surface area contributed by atoms with Crippen molar-refractivity contribution < 1.29 is 4.79 Å². The van der Waals surface area contributed by atoms with Crippen molar-refractivity contribution in [3.63, 3.8) is 0 Å². The van der Waals surface area contributed by atoms with Gasteiger partial charge in [-0.15, -0.1) is 15.3 Å². The van der Waals surface area contributed by atoms with E-state index in [0.29, 0.717) is 12.2 Å². The average Bonchev–Trinajstić information content (AvgIpc) is 3.40. The maximum absolute atomic E-state index is 12.3. The SMILES string of the molecule is NCc1cn(C2CCCN(c3ccc(C(=O)NC4CCCC4)nn3)C2)nn1. The third kappa shape index (κ3) is 4.08. The number of nitrogens with one attached hydrogen (secondary N) is 1. The van der Waals surface area contributed by atoms with Gasteiger partial charge in [-0.05, 0) is 37.8 Å². The van der Waals surface area contributed by atoms with Crippen LogP contribution in [-0.4, -0.2) is 50.2 Å². The zero-order valence-corrected chi connectivity index (χ0v) is 15.4. The van der Waals surface area contributed by atoms with E-state index < -0.39 is 0 Å². The molecule has 1 saturated heterocycles. The molecule has 2 aromatic heterocycles. The van der Waals surface area contributed by atoms with E-state index >= 15 is 0 Å². The minimum atomic E-state index is -0.130. The summed E-state index contributed by atoms with van der Waals surface area (Å²) in [4.78, 5) is 14.5. The molecule has 1 saturated carbocycles. The van der Waals surface area contributed by atoms with Gasteiger partial charge in [0.1, 0.15) is 0 Å². The van der Waals surface area contributed by atoms with E-state index in [2.05, 4.69) is 30.7 Å². The second-order valence-corrected chi connectivity index (χ2v) is 7.37. The smallest absolute Gasteiger partial charge is 0.272 e. The van der Waals surface area contributed by atoms with Crippen LogP contribution in [0.4, 0.5) is 5.82 Å². The fourth-order valence-electron chi connectivity index (χ4n) is 3.91. The molecule has 1 aliphatic heterocycles. The summed E-state index contributed by atoms with van der Waals surface area (Å²) in [5.41, 5.74) is 6.80. The summed E-state index contributed by atoms with van der Waals surface area (Å²) in [5.74, 6) is 0.658. The first-order valence-electron chi connectivity index (χ1n) is 9.73. The Morgan fingerprint density at radius 3 is 2.70 bits per heavy atom. The summed E-state index contributed by atoms with van der Waals surface area (Å²) >= 11 is 0. The molecule has 4 rings (SSSR count). The van der Waals surface area contributed by atoms with Crippen LogP contribution >= 0.6 is 0 Å². The van der Waals surface area contributed by atoms with Gasteiger partial charge in [-0.25, -0.2) is 4.68 Å². The lowest BCUT2D eigenvalue weighted by Crippen LogP contribution is -2.38. The van der Waals surface area contributed by atoms with Crippen LogP contribution < -0.4 is 16.0 Å². The molecular formula is C18H26N8O. The van der Waals surface area contributed by atoms with E-state index in [1.54, 1.807) is 6.07 Å². The van der Waals surface area contributed by atoms with Gasteiger partial charge in [0.05, 0.1) is 17.9 Å². The van der Waals surface area contributed by atoms with E-state index in [1.807, 2.05) is 16.9 Å². The second kappa shape index (κ2) is 7.99. The van der Waals surface area contributed by atoms with Gasteiger partial charge in [0.25, 0.3) is 5.91 Å². The van der Waals surface area contributed by atoms with E-state index in [0.717, 1.165) is 50.3 Å². The molecule has 2 aromatic rings. The molecule has 0 radical (unpaired) electrons. The van der Waals surface area contributed by atoms with Gasteiger partial charge in [-0.1, -0.05) is 18.1 Å². The van der Waals surface area contributed by atoms with Gasteiger partial charge in [0.15, 0.2) is 11.5 Å². The Bertz CT molecular complexity index is 768. The summed E-state index contributed by atoms with van der Waals surface area (Å²) in [6.07, 6.45) is 8.47. The number of anilines is 1. The first-order valence-corrected chi connectivity index (χ1v) is 9.73. The van der Waals surface area contributed by atoms with E-state index in [9.17, 15) is 4.79 Å². The molecule has 9 heteroatoms. The Kier molecular flexibility index (Phi) is 5.28. The lowest BCUT2D eigenvalue weighted by molar-refractivity contribution is 0.0932. The average molecular weight is 370 g/mol. The highest BCUT2D eigenvalue weighted by atomic mass is 16.2. The Hall–Kier alpha value is -2.55. The van der Waals surface area contributed by atoms with Crippen LogP contribution in [0.3, 0.4) is 0 Å². The molecule has 3 N–H and O–H groups in total. The number of rotatable bonds is 5. The molecule has 9 nitrogen and oxygen atoms in total. The van der Waals surface area contributed by atoms with Crippen molar-refractivity contribution in [3.8, 4) is 0 Å². The lowest BCUT2D eigenvalue weighted by Gasteiger charge is -2.33. The number of carbonyl (C=O) groups is 1. The van der Waals surface area contributed by atoms with Crippen LogP contribution in [0.25, 0.3) is 0 Å². The van der Waals surface area contributed by atoms with Crippen LogP contribution in [0.1, 0.15) is 60.7 Å². The van der Waals surface area contributed by atoms with Crippen molar-refractivity contribution >= 4 is 11.7 Å². The van der Waals surface area contributed by atoms with Gasteiger partial charge < -0.3 is 16.0 Å². The number of hydrogen-bond donors (Lipinski definition) is 2. The van der Waals surface area contributed by atoms with Crippen molar-refractivity contribution in [2.75, 3.05) is 18.0 Å². The van der Waals surface area contributed by atoms with E-state index in [1.165, 1.54) is 12.8 Å². The second-order valence-electron chi connectivity index (χ2n) is 7.37. The normalized spacial score (nSPS) is 20.8. The molecule has 2 fully saturated rings. The topological polar surface area (TPSA) is 115 Å². The standard InChI is InChI=1S/C18H26N8O/c19-10-14-11-26(24-21-14)15-6-3-9-25(12-15)17-8-7-16(22-23-17)18(27)20-13-4-1-2-5-13/h7-8,11,13,15H,1-6,9-10,12,19H2,(H,20,27). The van der Waals surface area contributed by atoms with Crippen molar-refractivity contribution in [1.29, 1.82) is 0 Å². The molecule has 1 unspecified atom stereocenters. The Morgan fingerprint density at radius 2 is 2.00 bits per heavy atom. The Labute approximate surface area is 158 Å². The number of aromatic nitrogens is 5. The maximum Gasteiger partial charge on any atom is 0.272 e. The van der Waals surface area contributed by atoms with E-state index in [4.69, 9.17) is 5.73 Å². The van der Waals surface area contributed by atoms with Crippen LogP contribution in [0, 0.1) is 0 Å². The number of piperidine rings is 1. The highest BCUT2D eigenvalue weighted by molar-refractivity contribution is 5.92. The predicted octanol–water partition coefficient (Wildman–Crippen LogP) is 1.04. The molecule has 0 bridgehead atoms. The fourth-order valence-corrected chi connectivity index (χ4v) is 3.91. The molecule has 0 spiro atoms. The molecule has 27 heavy (non-hydrogen) atoms. The first-order chi connectivity index (χ1) is 13.2. The largest absolute Gasteiger partial charge is 0.353 e. The fraction of sp³-hybridized carbons (Fsp3) is 0.611. The number of nitrogens with two attached hydrogens (primary N) is 1. The van der Waals surface area contributed by atoms with Crippen LogP contribution in [0.5, 0.6) is 0 Å². The molecule has 1 amide bonds. The highest BCUT2D eigenvalue weighted by Crippen LogP contribution is 2.24. The molecule has 3 heterocycles. The summed E-state index contributed by atoms with van der Waals surface area (Å²) in [7, 11) is 0. The van der Waals surface area contributed by atoms with Crippen molar-refractivity contribution in [1.82, 2.24) is 30.5 Å². The van der Waals surface area contributed by atoms with Crippen molar-refractivity contribution in [3.05, 3.63) is 29.7 Å². The molecular weight excluding hydrogens is 344 g/mol. The number of carbonyl (C=O) groups excluding carboxylic acids is 1. The van der Waals surface area contributed by atoms with Crippen molar-refractivity contribution in [2.24, 2.45) is 5.73 Å². The van der Waals surface area contributed by atoms with Gasteiger partial charge in [0.2, 0.25) is 0 Å². The predicted molar refractivity (Wildman–Crippen MR) is 100 cm³/mol. The number of nitrogens with zero attached hydrogens (tertiary/aromatic N) is 6. The number of hydrogen-bond acceptors (Lipinski definition) is 7. The Balaban J connectivity index is 1.39. The molecule has 1 aliphatic carbocycles. The molecule has 144 valence electrons. The van der Waals surface area contributed by atoms with Crippen molar-refractivity contribution in [2.45, 2.75) is 57.2 Å². The zero-order chi connectivity index (χ0) is 18.6. The van der Waals surface area contributed by atoms with Crippen LogP contribution in [-0.2, 0) is 6.54 Å². The summed E-state index contributed by atoms with van der Waals surface area (Å²) < 4.78 is 1.89.